The molecule has 7 heteroatoms. The number of fused-ring (bicyclic) bond motifs is 1. The minimum atomic E-state index is -2.99. The van der Waals surface area contributed by atoms with E-state index in [1.54, 1.807) is 12.1 Å². The highest BCUT2D eigenvalue weighted by molar-refractivity contribution is 5.76. The first-order chi connectivity index (χ1) is 10.0. The van der Waals surface area contributed by atoms with Gasteiger partial charge in [0, 0.05) is 13.0 Å². The van der Waals surface area contributed by atoms with Crippen LogP contribution in [0.2, 0.25) is 0 Å². The fourth-order valence-corrected chi connectivity index (χ4v) is 1.82. The molecular formula is C14H11F2N3O2. The van der Waals surface area contributed by atoms with Gasteiger partial charge in [-0.25, -0.2) is 9.97 Å². The van der Waals surface area contributed by atoms with Crippen LogP contribution in [0.5, 0.6) is 5.88 Å². The topological polar surface area (TPSA) is 61.0 Å². The number of nitrogens with zero attached hydrogens (tertiary/aromatic N) is 3. The third-order valence-electron chi connectivity index (χ3n) is 2.82. The van der Waals surface area contributed by atoms with Gasteiger partial charge in [-0.3, -0.25) is 0 Å². The van der Waals surface area contributed by atoms with Crippen molar-refractivity contribution < 1.29 is 17.9 Å². The van der Waals surface area contributed by atoms with Crippen LogP contribution in [-0.4, -0.2) is 15.0 Å². The number of rotatable bonds is 4. The first kappa shape index (κ1) is 13.4. The molecule has 0 aliphatic carbocycles. The Morgan fingerprint density at radius 3 is 2.90 bits per heavy atom. The smallest absolute Gasteiger partial charge is 0.286 e. The summed E-state index contributed by atoms with van der Waals surface area (Å²) in [6.45, 7) is 0.813. The Labute approximate surface area is 118 Å². The average Bonchev–Trinajstić information content (AvgIpc) is 2.93. The SMILES string of the molecule is CC(F)(F)c1cccc(COc2ncnc3ccoc23)n1. The van der Waals surface area contributed by atoms with E-state index in [2.05, 4.69) is 15.0 Å². The van der Waals surface area contributed by atoms with Crippen LogP contribution in [-0.2, 0) is 12.5 Å². The van der Waals surface area contributed by atoms with Gasteiger partial charge in [0.1, 0.15) is 24.1 Å². The Morgan fingerprint density at radius 2 is 2.10 bits per heavy atom. The van der Waals surface area contributed by atoms with Gasteiger partial charge in [0.15, 0.2) is 0 Å². The second kappa shape index (κ2) is 5.08. The van der Waals surface area contributed by atoms with E-state index in [1.807, 2.05) is 0 Å². The molecule has 0 aliphatic heterocycles. The predicted molar refractivity (Wildman–Crippen MR) is 69.9 cm³/mol. The molecule has 0 aromatic carbocycles. The summed E-state index contributed by atoms with van der Waals surface area (Å²) in [5.41, 5.74) is 1.11. The predicted octanol–water partition coefficient (Wildman–Crippen LogP) is 3.31. The average molecular weight is 291 g/mol. The molecule has 0 N–H and O–H groups in total. The van der Waals surface area contributed by atoms with E-state index < -0.39 is 5.92 Å². The molecule has 5 nitrogen and oxygen atoms in total. The Bertz CT molecular complexity index is 768. The lowest BCUT2D eigenvalue weighted by Gasteiger charge is -2.11. The van der Waals surface area contributed by atoms with Crippen LogP contribution in [0.4, 0.5) is 8.78 Å². The number of aromatic nitrogens is 3. The molecule has 21 heavy (non-hydrogen) atoms. The van der Waals surface area contributed by atoms with Crippen molar-refractivity contribution in [3.05, 3.63) is 48.2 Å². The van der Waals surface area contributed by atoms with Crippen molar-refractivity contribution in [3.63, 3.8) is 0 Å². The lowest BCUT2D eigenvalue weighted by atomic mass is 10.2. The van der Waals surface area contributed by atoms with Crippen LogP contribution in [0.15, 0.2) is 41.3 Å². The number of furan rings is 1. The monoisotopic (exact) mass is 291 g/mol. The maximum atomic E-state index is 13.2. The van der Waals surface area contributed by atoms with E-state index in [1.165, 1.54) is 24.7 Å². The van der Waals surface area contributed by atoms with Crippen molar-refractivity contribution in [2.45, 2.75) is 19.5 Å². The third-order valence-corrected chi connectivity index (χ3v) is 2.82. The molecule has 0 amide bonds. The van der Waals surface area contributed by atoms with Gasteiger partial charge in [-0.15, -0.1) is 0 Å². The van der Waals surface area contributed by atoms with Crippen molar-refractivity contribution in [2.24, 2.45) is 0 Å². The molecule has 3 heterocycles. The van der Waals surface area contributed by atoms with Crippen LogP contribution < -0.4 is 4.74 Å². The Kier molecular flexibility index (Phi) is 3.25. The Balaban J connectivity index is 1.80. The number of hydrogen-bond donors (Lipinski definition) is 0. The van der Waals surface area contributed by atoms with Crippen molar-refractivity contribution in [2.75, 3.05) is 0 Å². The molecular weight excluding hydrogens is 280 g/mol. The van der Waals surface area contributed by atoms with Gasteiger partial charge in [0.2, 0.25) is 5.58 Å². The maximum absolute atomic E-state index is 13.2. The van der Waals surface area contributed by atoms with Crippen LogP contribution in [0.1, 0.15) is 18.3 Å². The molecule has 0 saturated heterocycles. The zero-order valence-electron chi connectivity index (χ0n) is 11.1. The van der Waals surface area contributed by atoms with E-state index in [-0.39, 0.29) is 18.2 Å². The van der Waals surface area contributed by atoms with Gasteiger partial charge in [0.05, 0.1) is 12.0 Å². The minimum Gasteiger partial charge on any atom is -0.468 e. The van der Waals surface area contributed by atoms with Crippen molar-refractivity contribution in [3.8, 4) is 5.88 Å². The van der Waals surface area contributed by atoms with Gasteiger partial charge in [-0.1, -0.05) is 6.07 Å². The second-order valence-electron chi connectivity index (χ2n) is 4.51. The van der Waals surface area contributed by atoms with Gasteiger partial charge >= 0.3 is 0 Å². The highest BCUT2D eigenvalue weighted by Crippen LogP contribution is 2.26. The summed E-state index contributed by atoms with van der Waals surface area (Å²) in [5.74, 6) is -2.74. The number of halogens is 2. The van der Waals surface area contributed by atoms with Crippen LogP contribution in [0.25, 0.3) is 11.1 Å². The van der Waals surface area contributed by atoms with Crippen molar-refractivity contribution >= 4 is 11.1 Å². The molecule has 3 aromatic rings. The molecule has 3 aromatic heterocycles. The first-order valence-corrected chi connectivity index (χ1v) is 6.19. The van der Waals surface area contributed by atoms with Gasteiger partial charge in [-0.05, 0) is 12.1 Å². The standard InChI is InChI=1S/C14H11F2N3O2/c1-14(15,16)11-4-2-3-9(19-11)7-21-13-12-10(5-6-20-12)17-8-18-13/h2-6,8H,7H2,1H3. The Hall–Kier alpha value is -2.57. The number of hydrogen-bond acceptors (Lipinski definition) is 5. The largest absolute Gasteiger partial charge is 0.468 e. The summed E-state index contributed by atoms with van der Waals surface area (Å²) in [6, 6.07) is 6.08. The van der Waals surface area contributed by atoms with Crippen molar-refractivity contribution in [1.29, 1.82) is 0 Å². The Morgan fingerprint density at radius 1 is 1.24 bits per heavy atom. The van der Waals surface area contributed by atoms with Crippen LogP contribution in [0, 0.1) is 0 Å². The highest BCUT2D eigenvalue weighted by atomic mass is 19.3. The molecule has 0 saturated carbocycles. The zero-order chi connectivity index (χ0) is 14.9. The molecule has 3 rings (SSSR count). The maximum Gasteiger partial charge on any atom is 0.286 e. The molecule has 0 bridgehead atoms. The van der Waals surface area contributed by atoms with Crippen molar-refractivity contribution in [1.82, 2.24) is 15.0 Å². The molecule has 108 valence electrons. The van der Waals surface area contributed by atoms with Gasteiger partial charge in [0.25, 0.3) is 11.8 Å². The molecule has 0 unspecified atom stereocenters. The second-order valence-corrected chi connectivity index (χ2v) is 4.51. The van der Waals surface area contributed by atoms with E-state index in [9.17, 15) is 8.78 Å². The zero-order valence-corrected chi connectivity index (χ0v) is 11.1. The molecule has 0 radical (unpaired) electrons. The minimum absolute atomic E-state index is 0.0106. The molecule has 0 atom stereocenters. The normalized spacial score (nSPS) is 11.8. The van der Waals surface area contributed by atoms with Crippen LogP contribution >= 0.6 is 0 Å². The quantitative estimate of drug-likeness (QED) is 0.738. The highest BCUT2D eigenvalue weighted by Gasteiger charge is 2.26. The lowest BCUT2D eigenvalue weighted by Crippen LogP contribution is -2.11. The number of alkyl halides is 2. The number of pyridine rings is 1. The van der Waals surface area contributed by atoms with E-state index in [4.69, 9.17) is 9.15 Å². The first-order valence-electron chi connectivity index (χ1n) is 6.19. The van der Waals surface area contributed by atoms with E-state index >= 15 is 0 Å². The summed E-state index contributed by atoms with van der Waals surface area (Å²) >= 11 is 0. The fourth-order valence-electron chi connectivity index (χ4n) is 1.82. The summed E-state index contributed by atoms with van der Waals surface area (Å²) in [7, 11) is 0. The molecule has 0 aliphatic rings. The summed E-state index contributed by atoms with van der Waals surface area (Å²) in [5, 5.41) is 0. The van der Waals surface area contributed by atoms with Crippen LogP contribution in [0.3, 0.4) is 0 Å². The fraction of sp³-hybridized carbons (Fsp3) is 0.214. The van der Waals surface area contributed by atoms with E-state index in [0.29, 0.717) is 16.8 Å². The molecule has 0 fully saturated rings. The lowest BCUT2D eigenvalue weighted by molar-refractivity contribution is 0.0124. The summed E-state index contributed by atoms with van der Waals surface area (Å²) < 4.78 is 37.2. The van der Waals surface area contributed by atoms with E-state index in [0.717, 1.165) is 6.92 Å². The molecule has 0 spiro atoms. The number of ether oxygens (including phenoxy) is 1. The summed E-state index contributed by atoms with van der Waals surface area (Å²) in [4.78, 5) is 11.8. The third kappa shape index (κ3) is 2.81. The van der Waals surface area contributed by atoms with Gasteiger partial charge in [-0.2, -0.15) is 13.8 Å². The van der Waals surface area contributed by atoms with Gasteiger partial charge < -0.3 is 9.15 Å². The summed E-state index contributed by atoms with van der Waals surface area (Å²) in [6.07, 6.45) is 2.82.